The smallest absolute Gasteiger partial charge is 0.347 e. The molecular formula is C23H24ClN5O. The third-order valence-electron chi connectivity index (χ3n) is 5.80. The summed E-state index contributed by atoms with van der Waals surface area (Å²) in [5.74, 6) is 0. The van der Waals surface area contributed by atoms with Crippen molar-refractivity contribution in [1.29, 1.82) is 0 Å². The molecule has 1 aromatic carbocycles. The topological polar surface area (TPSA) is 64.7 Å². The predicted molar refractivity (Wildman–Crippen MR) is 122 cm³/mol. The summed E-state index contributed by atoms with van der Waals surface area (Å²) >= 11 is 0. The zero-order valence-electron chi connectivity index (χ0n) is 17.1. The van der Waals surface area contributed by atoms with Gasteiger partial charge in [0.1, 0.15) is 0 Å². The van der Waals surface area contributed by atoms with Crippen molar-refractivity contribution in [1.82, 2.24) is 24.4 Å². The molecule has 0 aliphatic carbocycles. The van der Waals surface area contributed by atoms with Crippen molar-refractivity contribution >= 4 is 23.3 Å². The van der Waals surface area contributed by atoms with Gasteiger partial charge in [-0.25, -0.2) is 4.79 Å². The Balaban J connectivity index is 0.00000218. The van der Waals surface area contributed by atoms with Crippen LogP contribution in [-0.2, 0) is 19.9 Å². The van der Waals surface area contributed by atoms with E-state index in [0.29, 0.717) is 5.69 Å². The Morgan fingerprint density at radius 1 is 1.07 bits per heavy atom. The third-order valence-corrected chi connectivity index (χ3v) is 5.80. The number of halogens is 1. The van der Waals surface area contributed by atoms with Crippen LogP contribution in [0.15, 0.2) is 53.6 Å². The van der Waals surface area contributed by atoms with E-state index < -0.39 is 0 Å². The number of pyridine rings is 1. The Morgan fingerprint density at radius 3 is 2.67 bits per heavy atom. The van der Waals surface area contributed by atoms with E-state index in [0.717, 1.165) is 48.4 Å². The second-order valence-corrected chi connectivity index (χ2v) is 7.59. The number of hydrogen-bond acceptors (Lipinski definition) is 4. The minimum Gasteiger partial charge on any atom is -0.347 e. The van der Waals surface area contributed by atoms with Crippen molar-refractivity contribution in [2.45, 2.75) is 19.8 Å². The van der Waals surface area contributed by atoms with Crippen molar-refractivity contribution in [3.63, 3.8) is 0 Å². The molecule has 1 N–H and O–H groups in total. The number of nitrogens with zero attached hydrogens (tertiary/aromatic N) is 4. The molecule has 0 spiro atoms. The largest absolute Gasteiger partial charge is 0.352 e. The minimum atomic E-state index is -0.289. The molecule has 4 aromatic rings. The van der Waals surface area contributed by atoms with Crippen LogP contribution in [0.4, 0.5) is 0 Å². The van der Waals surface area contributed by atoms with Crippen LogP contribution in [0.25, 0.3) is 27.8 Å². The fourth-order valence-corrected chi connectivity index (χ4v) is 4.23. The highest BCUT2D eigenvalue weighted by atomic mass is 35.5. The van der Waals surface area contributed by atoms with Crippen LogP contribution in [0.2, 0.25) is 0 Å². The molecule has 0 amide bonds. The molecule has 0 saturated carbocycles. The molecule has 154 valence electrons. The molecule has 0 saturated heterocycles. The monoisotopic (exact) mass is 421 g/mol. The van der Waals surface area contributed by atoms with E-state index in [4.69, 9.17) is 0 Å². The first-order valence-corrected chi connectivity index (χ1v) is 9.96. The summed E-state index contributed by atoms with van der Waals surface area (Å²) in [7, 11) is 2.12. The lowest BCUT2D eigenvalue weighted by atomic mass is 10.1. The molecule has 6 nitrogen and oxygen atoms in total. The molecule has 0 fully saturated rings. The molecule has 3 aromatic heterocycles. The molecule has 1 aliphatic rings. The standard InChI is InChI=1S/C23H23N5O.ClH/c1-15-3-4-16(14-25-15)20-9-12-28(23(29)26-20)17-5-6-18-19-7-10-24-11-8-21(19)27(2)22(18)13-17;/h3-6,9,12-14,24H,7-8,10-11H2,1-2H3;1H. The predicted octanol–water partition coefficient (Wildman–Crippen LogP) is 3.20. The van der Waals surface area contributed by atoms with E-state index in [2.05, 4.69) is 39.0 Å². The van der Waals surface area contributed by atoms with Gasteiger partial charge in [0.05, 0.1) is 16.9 Å². The van der Waals surface area contributed by atoms with Gasteiger partial charge in [0.2, 0.25) is 0 Å². The van der Waals surface area contributed by atoms with Crippen molar-refractivity contribution in [2.75, 3.05) is 13.1 Å². The molecule has 30 heavy (non-hydrogen) atoms. The van der Waals surface area contributed by atoms with Crippen LogP contribution in [0.5, 0.6) is 0 Å². The summed E-state index contributed by atoms with van der Waals surface area (Å²) in [5.41, 5.74) is 6.93. The first kappa shape index (κ1) is 20.3. The number of hydrogen-bond donors (Lipinski definition) is 1. The van der Waals surface area contributed by atoms with Gasteiger partial charge in [0.15, 0.2) is 0 Å². The normalized spacial score (nSPS) is 13.5. The average Bonchev–Trinajstić information content (AvgIpc) is 2.89. The lowest BCUT2D eigenvalue weighted by molar-refractivity contribution is 0.699. The number of aryl methyl sites for hydroxylation is 2. The Morgan fingerprint density at radius 2 is 1.90 bits per heavy atom. The second kappa shape index (κ2) is 8.05. The van der Waals surface area contributed by atoms with Crippen molar-refractivity contribution < 1.29 is 0 Å². The van der Waals surface area contributed by atoms with Gasteiger partial charge >= 0.3 is 5.69 Å². The maximum absolute atomic E-state index is 12.8. The fourth-order valence-electron chi connectivity index (χ4n) is 4.23. The SMILES string of the molecule is Cc1ccc(-c2ccn(-c3ccc4c5c(n(C)c4c3)CCNCC5)c(=O)n2)cn1.Cl. The Kier molecular flexibility index (Phi) is 5.45. The van der Waals surface area contributed by atoms with Gasteiger partial charge in [-0.3, -0.25) is 9.55 Å². The summed E-state index contributed by atoms with van der Waals surface area (Å²) in [6, 6.07) is 12.0. The summed E-state index contributed by atoms with van der Waals surface area (Å²) in [5, 5.41) is 4.74. The summed E-state index contributed by atoms with van der Waals surface area (Å²) < 4.78 is 3.87. The first-order valence-electron chi connectivity index (χ1n) is 9.96. The van der Waals surface area contributed by atoms with Crippen LogP contribution in [0.3, 0.4) is 0 Å². The minimum absolute atomic E-state index is 0. The second-order valence-electron chi connectivity index (χ2n) is 7.59. The van der Waals surface area contributed by atoms with Gasteiger partial charge in [-0.15, -0.1) is 12.4 Å². The maximum atomic E-state index is 12.8. The number of benzene rings is 1. The molecule has 0 unspecified atom stereocenters. The van der Waals surface area contributed by atoms with Gasteiger partial charge < -0.3 is 9.88 Å². The van der Waals surface area contributed by atoms with Gasteiger partial charge in [-0.2, -0.15) is 4.98 Å². The summed E-state index contributed by atoms with van der Waals surface area (Å²) in [6.07, 6.45) is 5.60. The highest BCUT2D eigenvalue weighted by Gasteiger charge is 2.17. The molecule has 1 aliphatic heterocycles. The lowest BCUT2D eigenvalue weighted by Crippen LogP contribution is -2.21. The highest BCUT2D eigenvalue weighted by molar-refractivity contribution is 5.87. The van der Waals surface area contributed by atoms with E-state index >= 15 is 0 Å². The summed E-state index contributed by atoms with van der Waals surface area (Å²) in [6.45, 7) is 3.94. The van der Waals surface area contributed by atoms with E-state index in [-0.39, 0.29) is 18.1 Å². The van der Waals surface area contributed by atoms with Gasteiger partial charge in [-0.05, 0) is 55.8 Å². The molecule has 4 heterocycles. The van der Waals surface area contributed by atoms with Crippen LogP contribution in [0.1, 0.15) is 17.0 Å². The Hall–Kier alpha value is -2.96. The fraction of sp³-hybridized carbons (Fsp3) is 0.261. The van der Waals surface area contributed by atoms with E-state index in [9.17, 15) is 4.79 Å². The number of aromatic nitrogens is 4. The molecule has 0 bridgehead atoms. The molecule has 5 rings (SSSR count). The van der Waals surface area contributed by atoms with Crippen molar-refractivity contribution in [3.05, 3.63) is 76.2 Å². The molecule has 0 radical (unpaired) electrons. The first-order chi connectivity index (χ1) is 14.1. The van der Waals surface area contributed by atoms with E-state index in [1.807, 2.05) is 31.2 Å². The number of fused-ring (bicyclic) bond motifs is 3. The Bertz CT molecular complexity index is 1270. The Labute approximate surface area is 181 Å². The average molecular weight is 422 g/mol. The lowest BCUT2D eigenvalue weighted by Gasteiger charge is -2.08. The van der Waals surface area contributed by atoms with Crippen LogP contribution in [-0.4, -0.2) is 32.2 Å². The van der Waals surface area contributed by atoms with Crippen molar-refractivity contribution in [2.24, 2.45) is 7.05 Å². The van der Waals surface area contributed by atoms with Gasteiger partial charge in [-0.1, -0.05) is 6.07 Å². The molecule has 0 atom stereocenters. The van der Waals surface area contributed by atoms with Crippen LogP contribution >= 0.6 is 12.4 Å². The zero-order chi connectivity index (χ0) is 20.0. The zero-order valence-corrected chi connectivity index (χ0v) is 17.9. The van der Waals surface area contributed by atoms with Gasteiger partial charge in [0.25, 0.3) is 0 Å². The maximum Gasteiger partial charge on any atom is 0.352 e. The molecular weight excluding hydrogens is 398 g/mol. The van der Waals surface area contributed by atoms with E-state index in [1.54, 1.807) is 17.0 Å². The van der Waals surface area contributed by atoms with Gasteiger partial charge in [0, 0.05) is 54.7 Å². The van der Waals surface area contributed by atoms with Crippen LogP contribution in [0, 0.1) is 6.92 Å². The third kappa shape index (κ3) is 3.42. The number of rotatable bonds is 2. The molecule has 7 heteroatoms. The quantitative estimate of drug-likeness (QED) is 0.539. The highest BCUT2D eigenvalue weighted by Crippen LogP contribution is 2.29. The number of nitrogens with one attached hydrogen (secondary N) is 1. The summed E-state index contributed by atoms with van der Waals surface area (Å²) in [4.78, 5) is 21.3. The van der Waals surface area contributed by atoms with Crippen LogP contribution < -0.4 is 11.0 Å². The van der Waals surface area contributed by atoms with Crippen molar-refractivity contribution in [3.8, 4) is 16.9 Å². The van der Waals surface area contributed by atoms with E-state index in [1.165, 1.54) is 16.6 Å².